The number of aromatic nitrogens is 2. The summed E-state index contributed by atoms with van der Waals surface area (Å²) in [5.74, 6) is 3.85. The largest absolute Gasteiger partial charge is 0.474 e. The maximum Gasteiger partial charge on any atom is 0.218 e. The van der Waals surface area contributed by atoms with Crippen LogP contribution in [-0.2, 0) is 0 Å². The fourth-order valence-corrected chi connectivity index (χ4v) is 2.65. The third kappa shape index (κ3) is 3.82. The monoisotopic (exact) mass is 263 g/mol. The number of hydrogen-bond donors (Lipinski definition) is 1. The normalized spacial score (nSPS) is 27.1. The molecule has 1 aromatic rings. The Labute approximate surface area is 116 Å². The van der Waals surface area contributed by atoms with E-state index in [0.717, 1.165) is 42.9 Å². The highest BCUT2D eigenvalue weighted by Gasteiger charge is 2.26. The Morgan fingerprint density at radius 3 is 2.74 bits per heavy atom. The topological polar surface area (TPSA) is 47.0 Å². The molecule has 2 rings (SSSR count). The second-order valence-corrected chi connectivity index (χ2v) is 5.68. The Kier molecular flexibility index (Phi) is 4.61. The second kappa shape index (κ2) is 6.22. The van der Waals surface area contributed by atoms with Crippen LogP contribution in [-0.4, -0.2) is 22.6 Å². The van der Waals surface area contributed by atoms with E-state index in [1.54, 1.807) is 0 Å². The lowest BCUT2D eigenvalue weighted by molar-refractivity contribution is 0.0962. The fraction of sp³-hybridized carbons (Fsp3) is 0.733. The van der Waals surface area contributed by atoms with Gasteiger partial charge in [-0.25, -0.2) is 4.98 Å². The summed E-state index contributed by atoms with van der Waals surface area (Å²) in [5.41, 5.74) is 0. The van der Waals surface area contributed by atoms with Crippen LogP contribution in [0.5, 0.6) is 5.88 Å². The van der Waals surface area contributed by atoms with Gasteiger partial charge in [0.1, 0.15) is 17.7 Å². The smallest absolute Gasteiger partial charge is 0.218 e. The molecule has 0 aromatic carbocycles. The summed E-state index contributed by atoms with van der Waals surface area (Å²) in [5, 5.41) is 3.21. The van der Waals surface area contributed by atoms with E-state index < -0.39 is 0 Å². The summed E-state index contributed by atoms with van der Waals surface area (Å²) in [7, 11) is 0. The van der Waals surface area contributed by atoms with Gasteiger partial charge in [0.15, 0.2) is 0 Å². The van der Waals surface area contributed by atoms with E-state index in [1.165, 1.54) is 6.42 Å². The molecule has 1 fully saturated rings. The molecule has 0 radical (unpaired) electrons. The average molecular weight is 263 g/mol. The summed E-state index contributed by atoms with van der Waals surface area (Å²) in [6, 6.07) is 1.90. The Morgan fingerprint density at radius 2 is 2.05 bits per heavy atom. The van der Waals surface area contributed by atoms with Crippen LogP contribution in [0.25, 0.3) is 0 Å². The summed E-state index contributed by atoms with van der Waals surface area (Å²) < 4.78 is 6.05. The third-order valence-corrected chi connectivity index (χ3v) is 4.01. The van der Waals surface area contributed by atoms with Crippen LogP contribution in [0.3, 0.4) is 0 Å². The van der Waals surface area contributed by atoms with Crippen LogP contribution in [0.1, 0.15) is 45.9 Å². The highest BCUT2D eigenvalue weighted by Crippen LogP contribution is 2.31. The first kappa shape index (κ1) is 14.1. The molecule has 3 atom stereocenters. The molecule has 0 aliphatic heterocycles. The molecule has 106 valence electrons. The number of hydrogen-bond acceptors (Lipinski definition) is 4. The molecule has 0 saturated heterocycles. The lowest BCUT2D eigenvalue weighted by Crippen LogP contribution is -2.29. The van der Waals surface area contributed by atoms with Crippen LogP contribution < -0.4 is 10.1 Å². The van der Waals surface area contributed by atoms with E-state index in [1.807, 2.05) is 13.0 Å². The lowest BCUT2D eigenvalue weighted by Gasteiger charge is -2.31. The standard InChI is InChI=1S/C15H25N3O/c1-5-16-14-9-15(18-12(4)17-14)19-13-7-6-10(2)11(3)8-13/h9-11,13H,5-8H2,1-4H3,(H,16,17,18). The number of ether oxygens (including phenoxy) is 1. The number of anilines is 1. The van der Waals surface area contributed by atoms with Crippen LogP contribution in [0.4, 0.5) is 5.82 Å². The van der Waals surface area contributed by atoms with E-state index in [4.69, 9.17) is 4.74 Å². The lowest BCUT2D eigenvalue weighted by atomic mass is 9.80. The predicted octanol–water partition coefficient (Wildman–Crippen LogP) is 3.42. The molecule has 4 nitrogen and oxygen atoms in total. The zero-order chi connectivity index (χ0) is 13.8. The van der Waals surface area contributed by atoms with Gasteiger partial charge in [-0.3, -0.25) is 0 Å². The van der Waals surface area contributed by atoms with Crippen molar-refractivity contribution in [1.82, 2.24) is 9.97 Å². The van der Waals surface area contributed by atoms with Crippen molar-refractivity contribution in [2.24, 2.45) is 11.8 Å². The zero-order valence-electron chi connectivity index (χ0n) is 12.4. The molecule has 1 aromatic heterocycles. The minimum absolute atomic E-state index is 0.301. The minimum atomic E-state index is 0.301. The van der Waals surface area contributed by atoms with Gasteiger partial charge in [-0.15, -0.1) is 0 Å². The van der Waals surface area contributed by atoms with Gasteiger partial charge >= 0.3 is 0 Å². The molecule has 1 N–H and O–H groups in total. The molecule has 4 heteroatoms. The Morgan fingerprint density at radius 1 is 1.26 bits per heavy atom. The molecule has 19 heavy (non-hydrogen) atoms. The van der Waals surface area contributed by atoms with Crippen molar-refractivity contribution >= 4 is 5.82 Å². The first-order valence-electron chi connectivity index (χ1n) is 7.34. The maximum absolute atomic E-state index is 6.05. The second-order valence-electron chi connectivity index (χ2n) is 5.68. The zero-order valence-corrected chi connectivity index (χ0v) is 12.4. The summed E-state index contributed by atoms with van der Waals surface area (Å²) in [4.78, 5) is 8.72. The molecule has 1 saturated carbocycles. The van der Waals surface area contributed by atoms with Crippen LogP contribution in [0, 0.1) is 18.8 Å². The van der Waals surface area contributed by atoms with E-state index in [0.29, 0.717) is 12.0 Å². The summed E-state index contributed by atoms with van der Waals surface area (Å²) in [6.45, 7) is 9.46. The SMILES string of the molecule is CCNc1cc(OC2CCC(C)C(C)C2)nc(C)n1. The molecule has 0 spiro atoms. The van der Waals surface area contributed by atoms with E-state index in [9.17, 15) is 0 Å². The molecule has 0 amide bonds. The molecule has 1 aliphatic rings. The van der Waals surface area contributed by atoms with Crippen molar-refractivity contribution < 1.29 is 4.74 Å². The van der Waals surface area contributed by atoms with Crippen molar-refractivity contribution in [1.29, 1.82) is 0 Å². The van der Waals surface area contributed by atoms with Crippen molar-refractivity contribution in [3.05, 3.63) is 11.9 Å². The summed E-state index contributed by atoms with van der Waals surface area (Å²) in [6.07, 6.45) is 3.80. The molecular formula is C15H25N3O. The van der Waals surface area contributed by atoms with Crippen molar-refractivity contribution in [2.75, 3.05) is 11.9 Å². The van der Waals surface area contributed by atoms with Crippen molar-refractivity contribution in [2.45, 2.75) is 53.1 Å². The van der Waals surface area contributed by atoms with Gasteiger partial charge in [-0.1, -0.05) is 13.8 Å². The Hall–Kier alpha value is -1.32. The van der Waals surface area contributed by atoms with E-state index in [2.05, 4.69) is 36.1 Å². The van der Waals surface area contributed by atoms with Crippen molar-refractivity contribution in [3.63, 3.8) is 0 Å². The first-order valence-corrected chi connectivity index (χ1v) is 7.34. The van der Waals surface area contributed by atoms with E-state index in [-0.39, 0.29) is 0 Å². The van der Waals surface area contributed by atoms with Gasteiger partial charge in [-0.05, 0) is 44.9 Å². The molecule has 1 heterocycles. The number of aryl methyl sites for hydroxylation is 1. The number of rotatable bonds is 4. The van der Waals surface area contributed by atoms with Gasteiger partial charge in [-0.2, -0.15) is 4.98 Å². The van der Waals surface area contributed by atoms with Crippen LogP contribution >= 0.6 is 0 Å². The van der Waals surface area contributed by atoms with Crippen molar-refractivity contribution in [3.8, 4) is 5.88 Å². The first-order chi connectivity index (χ1) is 9.08. The highest BCUT2D eigenvalue weighted by molar-refractivity contribution is 5.38. The van der Waals surface area contributed by atoms with E-state index >= 15 is 0 Å². The van der Waals surface area contributed by atoms with Gasteiger partial charge in [0.05, 0.1) is 0 Å². The third-order valence-electron chi connectivity index (χ3n) is 4.01. The number of nitrogens with zero attached hydrogens (tertiary/aromatic N) is 2. The Balaban J connectivity index is 2.02. The van der Waals surface area contributed by atoms with Gasteiger partial charge in [0.25, 0.3) is 0 Å². The maximum atomic E-state index is 6.05. The molecule has 1 aliphatic carbocycles. The highest BCUT2D eigenvalue weighted by atomic mass is 16.5. The summed E-state index contributed by atoms with van der Waals surface area (Å²) >= 11 is 0. The quantitative estimate of drug-likeness (QED) is 0.904. The van der Waals surface area contributed by atoms with Gasteiger partial charge in [0.2, 0.25) is 5.88 Å². The van der Waals surface area contributed by atoms with Crippen LogP contribution in [0.15, 0.2) is 6.07 Å². The minimum Gasteiger partial charge on any atom is -0.474 e. The molecular weight excluding hydrogens is 238 g/mol. The average Bonchev–Trinajstić information content (AvgIpc) is 2.33. The van der Waals surface area contributed by atoms with Crippen LogP contribution in [0.2, 0.25) is 0 Å². The van der Waals surface area contributed by atoms with Gasteiger partial charge < -0.3 is 10.1 Å². The fourth-order valence-electron chi connectivity index (χ4n) is 2.65. The van der Waals surface area contributed by atoms with Gasteiger partial charge in [0, 0.05) is 12.6 Å². The molecule has 3 unspecified atom stereocenters. The number of nitrogens with one attached hydrogen (secondary N) is 1. The Bertz CT molecular complexity index is 422. The molecule has 0 bridgehead atoms. The predicted molar refractivity (Wildman–Crippen MR) is 77.5 cm³/mol.